The predicted octanol–water partition coefficient (Wildman–Crippen LogP) is 13.6. The van der Waals surface area contributed by atoms with Gasteiger partial charge in [0.25, 0.3) is 0 Å². The second-order valence-electron chi connectivity index (χ2n) is 14.8. The summed E-state index contributed by atoms with van der Waals surface area (Å²) in [6.45, 7) is 3.70. The number of nitrogens with one attached hydrogen (secondary N) is 1. The Morgan fingerprint density at radius 1 is 0.562 bits per heavy atom. The van der Waals surface area contributed by atoms with Crippen molar-refractivity contribution in [1.29, 1.82) is 0 Å². The number of benzene rings is 6. The molecule has 6 aromatic carbocycles. The number of carbonyl (C=O) groups excluding carboxylic acids is 2. The van der Waals surface area contributed by atoms with Crippen LogP contribution in [0, 0.1) is 5.41 Å². The number of aromatic nitrogens is 3. The molecule has 0 saturated heterocycles. The third-order valence-corrected chi connectivity index (χ3v) is 17.3. The van der Waals surface area contributed by atoms with E-state index >= 15 is 0 Å². The molecule has 3 aromatic heterocycles. The van der Waals surface area contributed by atoms with Crippen LogP contribution in [0.2, 0.25) is 0 Å². The van der Waals surface area contributed by atoms with Gasteiger partial charge in [-0.2, -0.15) is 0 Å². The Bertz CT molecular complexity index is 2700. The Morgan fingerprint density at radius 3 is 1.36 bits per heavy atom. The Hall–Kier alpha value is -5.48. The third-order valence-electron chi connectivity index (χ3n) is 10.1. The number of hydrogen-bond acceptors (Lipinski definition) is 13. The molecule has 0 aliphatic rings. The largest absolute Gasteiger partial charge is 0.461 e. The molecule has 0 aliphatic heterocycles. The molecule has 1 N–H and O–H groups in total. The van der Waals surface area contributed by atoms with Crippen LogP contribution in [0.25, 0.3) is 62.4 Å². The van der Waals surface area contributed by atoms with Gasteiger partial charge in [-0.1, -0.05) is 79.4 Å². The fourth-order valence-corrected chi connectivity index (χ4v) is 13.4. The summed E-state index contributed by atoms with van der Waals surface area (Å²) < 4.78 is 14.6. The van der Waals surface area contributed by atoms with E-state index in [2.05, 4.69) is 103 Å². The smallest absolute Gasteiger partial charge is 0.407 e. The quantitative estimate of drug-likeness (QED) is 0.0387. The summed E-state index contributed by atoms with van der Waals surface area (Å²) in [5.41, 5.74) is 5.62. The van der Waals surface area contributed by atoms with E-state index in [1.54, 1.807) is 69.3 Å². The van der Waals surface area contributed by atoms with Gasteiger partial charge in [-0.15, -0.1) is 69.3 Å². The number of nitrogens with zero attached hydrogens (tertiary/aromatic N) is 3. The van der Waals surface area contributed by atoms with E-state index in [-0.39, 0.29) is 19.8 Å². The lowest BCUT2D eigenvalue weighted by molar-refractivity contribution is -0.137. The number of rotatable bonds is 18. The van der Waals surface area contributed by atoms with Crippen LogP contribution in [-0.2, 0) is 14.3 Å². The highest BCUT2D eigenvalue weighted by Gasteiger charge is 2.34. The highest BCUT2D eigenvalue weighted by molar-refractivity contribution is 8.01. The van der Waals surface area contributed by atoms with Crippen molar-refractivity contribution in [3.8, 4) is 31.7 Å². The van der Waals surface area contributed by atoms with E-state index in [1.165, 1.54) is 0 Å². The SMILES string of the molecule is C=CC(=O)OCCNC(=O)OCC(CSc1cccc(-c2nc3ccccc3s2)c1)(CSc1cccc(-c2nc3ccccc3s2)c1)CSc1cccc(-c2nc3ccccc3s2)c1. The minimum Gasteiger partial charge on any atom is -0.461 e. The standard InChI is InChI=1S/C50H40N4O4S6/c1-2-45(55)57-25-24-51-49(56)58-29-50(30-59-36-15-9-12-33(26-36)46-52-39-18-3-6-21-42(39)62-46,31-60-37-16-10-13-34(27-37)47-53-40-19-4-7-22-43(40)63-47)32-61-38-17-11-14-35(28-38)48-54-41-20-5-8-23-44(41)64-48/h2-23,26-28H,1,24-25,29-32H2,(H,51,56). The van der Waals surface area contributed by atoms with Gasteiger partial charge in [-0.3, -0.25) is 0 Å². The number of ether oxygens (including phenoxy) is 2. The number of alkyl carbamates (subject to hydrolysis) is 1. The number of thioether (sulfide) groups is 3. The minimum absolute atomic E-state index is 0.00759. The van der Waals surface area contributed by atoms with Crippen molar-refractivity contribution < 1.29 is 19.1 Å². The van der Waals surface area contributed by atoms with Gasteiger partial charge in [-0.25, -0.2) is 24.5 Å². The maximum absolute atomic E-state index is 13.3. The van der Waals surface area contributed by atoms with E-state index in [1.807, 2.05) is 54.6 Å². The maximum Gasteiger partial charge on any atom is 0.407 e. The van der Waals surface area contributed by atoms with Crippen molar-refractivity contribution in [3.05, 3.63) is 158 Å². The summed E-state index contributed by atoms with van der Waals surface area (Å²) >= 11 is 10.3. The molecule has 64 heavy (non-hydrogen) atoms. The van der Waals surface area contributed by atoms with Gasteiger partial charge in [0, 0.05) is 60.1 Å². The van der Waals surface area contributed by atoms with Gasteiger partial charge < -0.3 is 14.8 Å². The molecule has 0 bridgehead atoms. The molecule has 9 rings (SSSR count). The van der Waals surface area contributed by atoms with Gasteiger partial charge in [-0.05, 0) is 72.8 Å². The molecule has 1 amide bonds. The molecule has 0 radical (unpaired) electrons. The Morgan fingerprint density at radius 2 is 0.969 bits per heavy atom. The number of amides is 1. The van der Waals surface area contributed by atoms with Crippen LogP contribution >= 0.6 is 69.3 Å². The molecule has 8 nitrogen and oxygen atoms in total. The third kappa shape index (κ3) is 10.9. The van der Waals surface area contributed by atoms with Crippen molar-refractivity contribution in [2.24, 2.45) is 5.41 Å². The van der Waals surface area contributed by atoms with E-state index in [4.69, 9.17) is 24.4 Å². The Labute approximate surface area is 395 Å². The van der Waals surface area contributed by atoms with Crippen LogP contribution < -0.4 is 5.32 Å². The van der Waals surface area contributed by atoms with Crippen molar-refractivity contribution in [3.63, 3.8) is 0 Å². The molecule has 14 heteroatoms. The second-order valence-corrected chi connectivity index (χ2v) is 21.0. The van der Waals surface area contributed by atoms with Crippen LogP contribution in [0.15, 0.2) is 173 Å². The highest BCUT2D eigenvalue weighted by atomic mass is 32.2. The molecule has 0 aliphatic carbocycles. The lowest BCUT2D eigenvalue weighted by Crippen LogP contribution is -2.39. The average Bonchev–Trinajstić information content (AvgIpc) is 4.10. The number of carbonyl (C=O) groups is 2. The van der Waals surface area contributed by atoms with Gasteiger partial charge in [0.1, 0.15) is 28.2 Å². The normalized spacial score (nSPS) is 11.6. The van der Waals surface area contributed by atoms with Gasteiger partial charge >= 0.3 is 12.1 Å². The fourth-order valence-electron chi connectivity index (χ4n) is 6.74. The number of esters is 1. The van der Waals surface area contributed by atoms with Crippen molar-refractivity contribution in [1.82, 2.24) is 20.3 Å². The Kier molecular flexibility index (Phi) is 14.1. The monoisotopic (exact) mass is 952 g/mol. The molecule has 0 saturated carbocycles. The zero-order valence-corrected chi connectivity index (χ0v) is 39.2. The lowest BCUT2D eigenvalue weighted by atomic mass is 9.97. The van der Waals surface area contributed by atoms with E-state index in [0.29, 0.717) is 17.3 Å². The molecular formula is C50H40N4O4S6. The number of thiazole rings is 3. The van der Waals surface area contributed by atoms with Crippen molar-refractivity contribution in [2.75, 3.05) is 37.0 Å². The zero-order chi connectivity index (χ0) is 43.7. The summed E-state index contributed by atoms with van der Waals surface area (Å²) in [5, 5.41) is 5.67. The summed E-state index contributed by atoms with van der Waals surface area (Å²) in [4.78, 5) is 43.0. The van der Waals surface area contributed by atoms with Crippen LogP contribution in [0.1, 0.15) is 0 Å². The highest BCUT2D eigenvalue weighted by Crippen LogP contribution is 2.42. The molecule has 9 aromatic rings. The first-order chi connectivity index (χ1) is 31.4. The van der Waals surface area contributed by atoms with Gasteiger partial charge in [0.05, 0.1) is 37.2 Å². The maximum atomic E-state index is 13.3. The molecule has 0 atom stereocenters. The molecule has 0 unspecified atom stereocenters. The van der Waals surface area contributed by atoms with Crippen LogP contribution in [0.4, 0.5) is 4.79 Å². The molecule has 3 heterocycles. The van der Waals surface area contributed by atoms with Crippen molar-refractivity contribution in [2.45, 2.75) is 14.7 Å². The van der Waals surface area contributed by atoms with E-state index in [9.17, 15) is 9.59 Å². The zero-order valence-electron chi connectivity index (χ0n) is 34.3. The summed E-state index contributed by atoms with van der Waals surface area (Å²) in [6.07, 6.45) is 0.519. The first-order valence-electron chi connectivity index (χ1n) is 20.3. The van der Waals surface area contributed by atoms with Gasteiger partial charge in [0.2, 0.25) is 0 Å². The molecule has 0 fully saturated rings. The number of hydrogen-bond donors (Lipinski definition) is 1. The average molecular weight is 953 g/mol. The topological polar surface area (TPSA) is 103 Å². The van der Waals surface area contributed by atoms with E-state index < -0.39 is 17.5 Å². The molecule has 0 spiro atoms. The Balaban J connectivity index is 1.01. The van der Waals surface area contributed by atoms with Crippen LogP contribution in [0.5, 0.6) is 0 Å². The number of fused-ring (bicyclic) bond motifs is 3. The summed E-state index contributed by atoms with van der Waals surface area (Å²) in [7, 11) is 0. The first-order valence-corrected chi connectivity index (χ1v) is 25.8. The van der Waals surface area contributed by atoms with Crippen molar-refractivity contribution >= 4 is 112 Å². The van der Waals surface area contributed by atoms with Gasteiger partial charge in [0.15, 0.2) is 0 Å². The number of para-hydroxylation sites is 3. The molecule has 320 valence electrons. The predicted molar refractivity (Wildman–Crippen MR) is 270 cm³/mol. The lowest BCUT2D eigenvalue weighted by Gasteiger charge is -2.33. The summed E-state index contributed by atoms with van der Waals surface area (Å²) in [6, 6.07) is 50.2. The first kappa shape index (κ1) is 43.8. The molecular weight excluding hydrogens is 913 g/mol. The second kappa shape index (κ2) is 20.6. The fraction of sp³-hybridized carbons (Fsp3) is 0.140. The van der Waals surface area contributed by atoms with Crippen LogP contribution in [0.3, 0.4) is 0 Å². The summed E-state index contributed by atoms with van der Waals surface area (Å²) in [5.74, 6) is 1.40. The minimum atomic E-state index is -0.576. The van der Waals surface area contributed by atoms with E-state index in [0.717, 1.165) is 83.1 Å². The van der Waals surface area contributed by atoms with Crippen LogP contribution in [-0.4, -0.2) is 64.0 Å².